The van der Waals surface area contributed by atoms with Gasteiger partial charge in [0.05, 0.1) is 0 Å². The monoisotopic (exact) mass is 216 g/mol. The summed E-state index contributed by atoms with van der Waals surface area (Å²) in [5, 5.41) is 6.48. The SMILES string of the molecule is CCC(C(=O)O)S(=O)(=O)O.[H-].[H-].[Na+].[Na+]. The van der Waals surface area contributed by atoms with E-state index in [1.165, 1.54) is 6.92 Å². The second-order valence-electron chi connectivity index (χ2n) is 1.75. The summed E-state index contributed by atoms with van der Waals surface area (Å²) in [7, 11) is -4.41. The van der Waals surface area contributed by atoms with Gasteiger partial charge in [0, 0.05) is 0 Å². The van der Waals surface area contributed by atoms with Crippen LogP contribution in [0.15, 0.2) is 0 Å². The Bertz CT molecular complexity index is 232. The van der Waals surface area contributed by atoms with E-state index in [0.29, 0.717) is 0 Å². The summed E-state index contributed by atoms with van der Waals surface area (Å²) in [6.07, 6.45) is -0.131. The molecule has 5 nitrogen and oxygen atoms in total. The smallest absolute Gasteiger partial charge is 1.00 e. The first-order valence-corrected chi connectivity index (χ1v) is 4.09. The predicted octanol–water partition coefficient (Wildman–Crippen LogP) is -6.03. The van der Waals surface area contributed by atoms with Crippen LogP contribution in [-0.4, -0.2) is 29.3 Å². The number of carboxylic acid groups (broad SMARTS) is 1. The molecule has 0 aliphatic rings. The van der Waals surface area contributed by atoms with Crippen LogP contribution in [0.4, 0.5) is 0 Å². The number of aliphatic carboxylic acids is 1. The summed E-state index contributed by atoms with van der Waals surface area (Å²) in [6.45, 7) is 1.37. The van der Waals surface area contributed by atoms with Crippen molar-refractivity contribution >= 4 is 16.1 Å². The quantitative estimate of drug-likeness (QED) is 0.362. The molecule has 0 saturated heterocycles. The third-order valence-corrected chi connectivity index (χ3v) is 2.26. The van der Waals surface area contributed by atoms with E-state index in [1.807, 2.05) is 0 Å². The maximum atomic E-state index is 10.2. The van der Waals surface area contributed by atoms with Crippen LogP contribution >= 0.6 is 0 Å². The number of carbonyl (C=O) groups is 1. The molecule has 0 fully saturated rings. The molecule has 0 rings (SSSR count). The van der Waals surface area contributed by atoms with E-state index < -0.39 is 21.3 Å². The molecule has 8 heteroatoms. The Morgan fingerprint density at radius 1 is 1.50 bits per heavy atom. The van der Waals surface area contributed by atoms with Crippen molar-refractivity contribution in [1.82, 2.24) is 0 Å². The fourth-order valence-electron chi connectivity index (χ4n) is 0.513. The van der Waals surface area contributed by atoms with Gasteiger partial charge >= 0.3 is 65.1 Å². The van der Waals surface area contributed by atoms with E-state index in [0.717, 1.165) is 0 Å². The molecule has 0 amide bonds. The van der Waals surface area contributed by atoms with Crippen LogP contribution < -0.4 is 59.1 Å². The van der Waals surface area contributed by atoms with Crippen LogP contribution in [0, 0.1) is 0 Å². The van der Waals surface area contributed by atoms with Gasteiger partial charge in [-0.25, -0.2) is 0 Å². The van der Waals surface area contributed by atoms with Gasteiger partial charge in [-0.3, -0.25) is 9.35 Å². The van der Waals surface area contributed by atoms with Crippen molar-refractivity contribution in [3.8, 4) is 0 Å². The van der Waals surface area contributed by atoms with E-state index in [-0.39, 0.29) is 68.4 Å². The molecule has 0 aliphatic heterocycles. The first-order valence-electron chi connectivity index (χ1n) is 2.58. The van der Waals surface area contributed by atoms with Crippen LogP contribution in [0.1, 0.15) is 16.2 Å². The van der Waals surface area contributed by atoms with Crippen molar-refractivity contribution in [2.75, 3.05) is 0 Å². The standard InChI is InChI=1S/C4H8O5S.2Na.2H/c1-2-3(4(5)6)10(7,8)9;;;;/h3H,2H2,1H3,(H,5,6)(H,7,8,9);;;;/q;2*+1;2*-1. The van der Waals surface area contributed by atoms with E-state index in [4.69, 9.17) is 9.66 Å². The molecule has 0 heterocycles. The van der Waals surface area contributed by atoms with Crippen molar-refractivity contribution in [2.24, 2.45) is 0 Å². The molecule has 0 spiro atoms. The Kier molecular flexibility index (Phi) is 12.3. The van der Waals surface area contributed by atoms with Gasteiger partial charge in [0.1, 0.15) is 0 Å². The second-order valence-corrected chi connectivity index (χ2v) is 3.35. The van der Waals surface area contributed by atoms with Crippen molar-refractivity contribution in [2.45, 2.75) is 18.6 Å². The summed E-state index contributed by atoms with van der Waals surface area (Å²) in [5.74, 6) is -1.52. The Balaban J connectivity index is -0.0000000675. The summed E-state index contributed by atoms with van der Waals surface area (Å²) in [6, 6.07) is 0. The molecule has 0 aromatic heterocycles. The normalized spacial score (nSPS) is 12.2. The van der Waals surface area contributed by atoms with Gasteiger partial charge in [0.25, 0.3) is 10.1 Å². The third-order valence-electron chi connectivity index (χ3n) is 1.01. The van der Waals surface area contributed by atoms with Crippen LogP contribution in [0.25, 0.3) is 0 Å². The molecular weight excluding hydrogens is 206 g/mol. The number of rotatable bonds is 3. The van der Waals surface area contributed by atoms with Crippen molar-refractivity contribution in [3.05, 3.63) is 0 Å². The molecular formula is C4H10Na2O5S. The summed E-state index contributed by atoms with van der Waals surface area (Å²) < 4.78 is 28.6. The Labute approximate surface area is 118 Å². The van der Waals surface area contributed by atoms with Crippen molar-refractivity contribution < 1.29 is 84.8 Å². The molecule has 0 radical (unpaired) electrons. The van der Waals surface area contributed by atoms with Crippen molar-refractivity contribution in [1.29, 1.82) is 0 Å². The van der Waals surface area contributed by atoms with Crippen molar-refractivity contribution in [3.63, 3.8) is 0 Å². The zero-order valence-corrected chi connectivity index (χ0v) is 12.1. The molecule has 2 N–H and O–H groups in total. The van der Waals surface area contributed by atoms with E-state index in [1.54, 1.807) is 0 Å². The molecule has 0 aliphatic carbocycles. The number of carboxylic acids is 1. The molecule has 64 valence electrons. The maximum Gasteiger partial charge on any atom is 1.00 e. The second kappa shape index (κ2) is 7.75. The van der Waals surface area contributed by atoms with Gasteiger partial charge in [-0.1, -0.05) is 6.92 Å². The predicted molar refractivity (Wildman–Crippen MR) is 35.5 cm³/mol. The number of hydrogen-bond donors (Lipinski definition) is 2. The molecule has 0 aromatic rings. The van der Waals surface area contributed by atoms with Gasteiger partial charge in [-0.15, -0.1) is 0 Å². The van der Waals surface area contributed by atoms with Crippen LogP contribution in [0.5, 0.6) is 0 Å². The van der Waals surface area contributed by atoms with Crippen LogP contribution in [0.3, 0.4) is 0 Å². The molecule has 0 bridgehead atoms. The van der Waals surface area contributed by atoms with Gasteiger partial charge < -0.3 is 7.96 Å². The van der Waals surface area contributed by atoms with Crippen LogP contribution in [-0.2, 0) is 14.9 Å². The Morgan fingerprint density at radius 2 is 1.83 bits per heavy atom. The third kappa shape index (κ3) is 6.85. The zero-order chi connectivity index (χ0) is 8.36. The molecule has 1 atom stereocenters. The molecule has 0 aromatic carbocycles. The minimum Gasteiger partial charge on any atom is -1.00 e. The Morgan fingerprint density at radius 3 is 1.83 bits per heavy atom. The zero-order valence-electron chi connectivity index (χ0n) is 9.31. The fraction of sp³-hybridized carbons (Fsp3) is 0.750. The molecule has 0 saturated carbocycles. The first-order chi connectivity index (χ1) is 4.39. The van der Waals surface area contributed by atoms with Crippen LogP contribution in [0.2, 0.25) is 0 Å². The Hall–Kier alpha value is 1.38. The topological polar surface area (TPSA) is 91.7 Å². The molecule has 1 unspecified atom stereocenters. The van der Waals surface area contributed by atoms with Gasteiger partial charge in [-0.05, 0) is 6.42 Å². The average Bonchev–Trinajstić information content (AvgIpc) is 1.60. The fourth-order valence-corrected chi connectivity index (χ4v) is 1.19. The maximum absolute atomic E-state index is 10.2. The van der Waals surface area contributed by atoms with E-state index >= 15 is 0 Å². The largest absolute Gasteiger partial charge is 1.00 e. The summed E-state index contributed by atoms with van der Waals surface area (Å²) in [5.41, 5.74) is 0. The summed E-state index contributed by atoms with van der Waals surface area (Å²) >= 11 is 0. The van der Waals surface area contributed by atoms with Gasteiger partial charge in [-0.2, -0.15) is 8.42 Å². The molecule has 12 heavy (non-hydrogen) atoms. The van der Waals surface area contributed by atoms with Gasteiger partial charge in [0.15, 0.2) is 5.25 Å². The minimum absolute atomic E-state index is 0. The van der Waals surface area contributed by atoms with E-state index in [9.17, 15) is 13.2 Å². The van der Waals surface area contributed by atoms with Gasteiger partial charge in [0.2, 0.25) is 0 Å². The first kappa shape index (κ1) is 19.0. The average molecular weight is 216 g/mol. The minimum atomic E-state index is -4.41. The summed E-state index contributed by atoms with van der Waals surface area (Å²) in [4.78, 5) is 10.0. The van der Waals surface area contributed by atoms with E-state index in [2.05, 4.69) is 0 Å². The number of hydrogen-bond acceptors (Lipinski definition) is 3.